The summed E-state index contributed by atoms with van der Waals surface area (Å²) in [5, 5.41) is 6.42. The smallest absolute Gasteiger partial charge is 0.163 e. The molecule has 26 heavy (non-hydrogen) atoms. The number of nitrogens with one attached hydrogen (secondary N) is 2. The van der Waals surface area contributed by atoms with E-state index in [-0.39, 0.29) is 5.82 Å². The van der Waals surface area contributed by atoms with Crippen LogP contribution in [0.25, 0.3) is 0 Å². The first-order chi connectivity index (χ1) is 12.8. The lowest BCUT2D eigenvalue weighted by Crippen LogP contribution is -2.15. The van der Waals surface area contributed by atoms with Gasteiger partial charge < -0.3 is 20.1 Å². The molecule has 0 saturated heterocycles. The molecule has 0 fully saturated rings. The highest BCUT2D eigenvalue weighted by atomic mass is 19.1. The Labute approximate surface area is 150 Å². The molecule has 2 aromatic carbocycles. The molecule has 0 unspecified atom stereocenters. The van der Waals surface area contributed by atoms with Crippen LogP contribution in [0.1, 0.15) is 5.56 Å². The van der Waals surface area contributed by atoms with Crippen LogP contribution in [0.15, 0.2) is 54.9 Å². The van der Waals surface area contributed by atoms with Gasteiger partial charge in [0, 0.05) is 24.4 Å². The molecule has 1 aliphatic rings. The van der Waals surface area contributed by atoms with Gasteiger partial charge in [0.15, 0.2) is 11.5 Å². The van der Waals surface area contributed by atoms with Gasteiger partial charge in [-0.1, -0.05) is 12.1 Å². The molecule has 0 atom stereocenters. The second-order valence-electron chi connectivity index (χ2n) is 5.75. The Hall–Kier alpha value is -3.35. The van der Waals surface area contributed by atoms with Gasteiger partial charge in [-0.3, -0.25) is 0 Å². The van der Waals surface area contributed by atoms with E-state index in [1.165, 1.54) is 18.5 Å². The van der Waals surface area contributed by atoms with Crippen LogP contribution in [0.5, 0.6) is 11.5 Å². The predicted octanol–water partition coefficient (Wildman–Crippen LogP) is 3.74. The molecule has 132 valence electrons. The third-order valence-electron chi connectivity index (χ3n) is 3.87. The van der Waals surface area contributed by atoms with Crippen molar-refractivity contribution in [1.29, 1.82) is 0 Å². The molecule has 0 radical (unpaired) electrons. The molecule has 0 saturated carbocycles. The minimum absolute atomic E-state index is 0.248. The van der Waals surface area contributed by atoms with Crippen molar-refractivity contribution in [2.45, 2.75) is 6.54 Å². The van der Waals surface area contributed by atoms with Gasteiger partial charge in [-0.15, -0.1) is 0 Å². The lowest BCUT2D eigenvalue weighted by molar-refractivity contribution is 0.171. The van der Waals surface area contributed by atoms with Crippen molar-refractivity contribution in [3.05, 3.63) is 66.2 Å². The molecule has 2 heterocycles. The number of hydrogen-bond acceptors (Lipinski definition) is 6. The zero-order valence-electron chi connectivity index (χ0n) is 13.9. The summed E-state index contributed by atoms with van der Waals surface area (Å²) in [6.07, 6.45) is 1.48. The first kappa shape index (κ1) is 16.1. The molecular formula is C19H17FN4O2. The topological polar surface area (TPSA) is 68.3 Å². The van der Waals surface area contributed by atoms with Crippen molar-refractivity contribution in [1.82, 2.24) is 9.97 Å². The van der Waals surface area contributed by atoms with Crippen molar-refractivity contribution in [2.24, 2.45) is 0 Å². The van der Waals surface area contributed by atoms with Gasteiger partial charge >= 0.3 is 0 Å². The standard InChI is InChI=1S/C19H17FN4O2/c20-14-3-1-13(2-4-14)11-21-18-10-19(23-12-22-18)24-15-5-6-16-17(9-15)26-8-7-25-16/h1-6,9-10,12H,7-8,11H2,(H2,21,22,23,24). The molecule has 1 aliphatic heterocycles. The van der Waals surface area contributed by atoms with E-state index < -0.39 is 0 Å². The number of ether oxygens (including phenoxy) is 2. The van der Waals surface area contributed by atoms with Gasteiger partial charge in [0.1, 0.15) is 37.0 Å². The number of anilines is 3. The summed E-state index contributed by atoms with van der Waals surface area (Å²) in [6, 6.07) is 13.8. The molecular weight excluding hydrogens is 335 g/mol. The van der Waals surface area contributed by atoms with Gasteiger partial charge in [0.05, 0.1) is 0 Å². The van der Waals surface area contributed by atoms with E-state index >= 15 is 0 Å². The predicted molar refractivity (Wildman–Crippen MR) is 96.5 cm³/mol. The van der Waals surface area contributed by atoms with Crippen molar-refractivity contribution in [3.63, 3.8) is 0 Å². The number of rotatable bonds is 5. The Bertz CT molecular complexity index is 902. The number of aromatic nitrogens is 2. The van der Waals surface area contributed by atoms with Crippen molar-refractivity contribution in [3.8, 4) is 11.5 Å². The second-order valence-corrected chi connectivity index (χ2v) is 5.75. The summed E-state index contributed by atoms with van der Waals surface area (Å²) >= 11 is 0. The van der Waals surface area contributed by atoms with Crippen LogP contribution in [-0.4, -0.2) is 23.2 Å². The zero-order valence-corrected chi connectivity index (χ0v) is 13.9. The Balaban J connectivity index is 1.43. The first-order valence-electron chi connectivity index (χ1n) is 8.23. The van der Waals surface area contributed by atoms with Crippen LogP contribution in [0.3, 0.4) is 0 Å². The SMILES string of the molecule is Fc1ccc(CNc2cc(Nc3ccc4c(c3)OCCO4)ncn2)cc1. The first-order valence-corrected chi connectivity index (χ1v) is 8.23. The minimum Gasteiger partial charge on any atom is -0.486 e. The summed E-state index contributed by atoms with van der Waals surface area (Å²) < 4.78 is 24.1. The molecule has 0 amide bonds. The number of fused-ring (bicyclic) bond motifs is 1. The fourth-order valence-electron chi connectivity index (χ4n) is 2.59. The number of nitrogens with zero attached hydrogens (tertiary/aromatic N) is 2. The maximum atomic E-state index is 12.9. The van der Waals surface area contributed by atoms with E-state index in [2.05, 4.69) is 20.6 Å². The van der Waals surface area contributed by atoms with Crippen molar-refractivity contribution in [2.75, 3.05) is 23.8 Å². The number of benzene rings is 2. The molecule has 0 aliphatic carbocycles. The van der Waals surface area contributed by atoms with Crippen LogP contribution in [-0.2, 0) is 6.54 Å². The maximum Gasteiger partial charge on any atom is 0.163 e. The van der Waals surface area contributed by atoms with Crippen LogP contribution in [0.4, 0.5) is 21.7 Å². The van der Waals surface area contributed by atoms with Crippen LogP contribution >= 0.6 is 0 Å². The average Bonchev–Trinajstić information content (AvgIpc) is 2.68. The molecule has 0 spiro atoms. The fraction of sp³-hybridized carbons (Fsp3) is 0.158. The van der Waals surface area contributed by atoms with Gasteiger partial charge in [-0.25, -0.2) is 14.4 Å². The molecule has 7 heteroatoms. The molecule has 0 bridgehead atoms. The third kappa shape index (κ3) is 3.83. The van der Waals surface area contributed by atoms with Gasteiger partial charge in [0.25, 0.3) is 0 Å². The van der Waals surface area contributed by atoms with Gasteiger partial charge in [0.2, 0.25) is 0 Å². The highest BCUT2D eigenvalue weighted by molar-refractivity contribution is 5.63. The summed E-state index contributed by atoms with van der Waals surface area (Å²) in [4.78, 5) is 8.43. The average molecular weight is 352 g/mol. The van der Waals surface area contributed by atoms with Crippen molar-refractivity contribution < 1.29 is 13.9 Å². The fourth-order valence-corrected chi connectivity index (χ4v) is 2.59. The Morgan fingerprint density at radius 1 is 0.885 bits per heavy atom. The summed E-state index contributed by atoms with van der Waals surface area (Å²) in [6.45, 7) is 1.65. The van der Waals surface area contributed by atoms with E-state index in [1.807, 2.05) is 18.2 Å². The lowest BCUT2D eigenvalue weighted by atomic mass is 10.2. The largest absolute Gasteiger partial charge is 0.486 e. The minimum atomic E-state index is -0.248. The Morgan fingerprint density at radius 2 is 1.65 bits per heavy atom. The highest BCUT2D eigenvalue weighted by Gasteiger charge is 2.12. The van der Waals surface area contributed by atoms with E-state index in [0.717, 1.165) is 17.0 Å². The Kier molecular flexibility index (Phi) is 4.51. The molecule has 4 rings (SSSR count). The number of hydrogen-bond donors (Lipinski definition) is 2. The van der Waals surface area contributed by atoms with E-state index in [0.29, 0.717) is 37.1 Å². The highest BCUT2D eigenvalue weighted by Crippen LogP contribution is 2.33. The summed E-state index contributed by atoms with van der Waals surface area (Å²) in [5.41, 5.74) is 1.81. The van der Waals surface area contributed by atoms with Crippen LogP contribution in [0.2, 0.25) is 0 Å². The zero-order chi connectivity index (χ0) is 17.8. The quantitative estimate of drug-likeness (QED) is 0.729. The summed E-state index contributed by atoms with van der Waals surface area (Å²) in [5.74, 6) is 2.53. The van der Waals surface area contributed by atoms with Gasteiger partial charge in [-0.2, -0.15) is 0 Å². The van der Waals surface area contributed by atoms with E-state index in [9.17, 15) is 4.39 Å². The number of halogens is 1. The third-order valence-corrected chi connectivity index (χ3v) is 3.87. The van der Waals surface area contributed by atoms with Crippen molar-refractivity contribution >= 4 is 17.3 Å². The van der Waals surface area contributed by atoms with Crippen LogP contribution in [0, 0.1) is 5.82 Å². The molecule has 1 aromatic heterocycles. The molecule has 6 nitrogen and oxygen atoms in total. The maximum absolute atomic E-state index is 12.9. The lowest BCUT2D eigenvalue weighted by Gasteiger charge is -2.19. The summed E-state index contributed by atoms with van der Waals surface area (Å²) in [7, 11) is 0. The van der Waals surface area contributed by atoms with E-state index in [4.69, 9.17) is 9.47 Å². The monoisotopic (exact) mass is 352 g/mol. The second kappa shape index (κ2) is 7.26. The van der Waals surface area contributed by atoms with Crippen LogP contribution < -0.4 is 20.1 Å². The Morgan fingerprint density at radius 3 is 2.50 bits per heavy atom. The van der Waals surface area contributed by atoms with Gasteiger partial charge in [-0.05, 0) is 29.8 Å². The molecule has 2 N–H and O–H groups in total. The normalized spacial score (nSPS) is 12.5. The molecule has 3 aromatic rings. The van der Waals surface area contributed by atoms with E-state index in [1.54, 1.807) is 18.2 Å².